The zero-order valence-corrected chi connectivity index (χ0v) is 12.2. The summed E-state index contributed by atoms with van der Waals surface area (Å²) in [5.41, 5.74) is 0.307. The van der Waals surface area contributed by atoms with Gasteiger partial charge in [-0.25, -0.2) is 0 Å². The Morgan fingerprint density at radius 2 is 2.14 bits per heavy atom. The van der Waals surface area contributed by atoms with Crippen molar-refractivity contribution in [1.29, 1.82) is 0 Å². The van der Waals surface area contributed by atoms with E-state index in [-0.39, 0.29) is 18.2 Å². The number of nitro benzene ring substituents is 1. The normalized spacial score (nSPS) is 13.9. The quantitative estimate of drug-likeness (QED) is 0.457. The number of carbonyl (C=O) groups is 1. The number of aliphatic hydroxyl groups is 1. The fourth-order valence-electron chi connectivity index (χ4n) is 1.70. The average molecular weight is 292 g/mol. The second-order valence-electron chi connectivity index (χ2n) is 4.85. The first-order valence-electron chi connectivity index (χ1n) is 6.83. The molecule has 0 aliphatic heterocycles. The third-order valence-electron chi connectivity index (χ3n) is 3.33. The predicted molar refractivity (Wildman–Crippen MR) is 80.6 cm³/mol. The van der Waals surface area contributed by atoms with Crippen LogP contribution in [-0.4, -0.2) is 28.6 Å². The van der Waals surface area contributed by atoms with Crippen molar-refractivity contribution in [3.63, 3.8) is 0 Å². The van der Waals surface area contributed by atoms with Crippen molar-refractivity contribution in [1.82, 2.24) is 5.32 Å². The van der Waals surface area contributed by atoms with Crippen LogP contribution in [0.4, 0.5) is 5.69 Å². The Labute approximate surface area is 123 Å². The van der Waals surface area contributed by atoms with Gasteiger partial charge in [-0.1, -0.05) is 32.4 Å². The van der Waals surface area contributed by atoms with Crippen LogP contribution < -0.4 is 5.32 Å². The van der Waals surface area contributed by atoms with Gasteiger partial charge in [-0.05, 0) is 18.1 Å². The summed E-state index contributed by atoms with van der Waals surface area (Å²) in [6, 6.07) is 6.18. The summed E-state index contributed by atoms with van der Waals surface area (Å²) in [5, 5.41) is 23.1. The van der Waals surface area contributed by atoms with E-state index in [9.17, 15) is 20.0 Å². The van der Waals surface area contributed by atoms with Crippen molar-refractivity contribution in [3.8, 4) is 0 Å². The van der Waals surface area contributed by atoms with E-state index in [0.29, 0.717) is 5.56 Å². The number of nitrogens with zero attached hydrogens (tertiary/aromatic N) is 1. The standard InChI is InChI=1S/C15H20N2O4/c1-3-11(2)14(18)10-16-15(19)9-8-12-6-4-5-7-13(12)17(20)21/h4-9,11,14,18H,3,10H2,1-2H3,(H,16,19)/b9-8+. The first kappa shape index (κ1) is 16.8. The fourth-order valence-corrected chi connectivity index (χ4v) is 1.70. The third kappa shape index (κ3) is 5.35. The van der Waals surface area contributed by atoms with Crippen LogP contribution in [0.1, 0.15) is 25.8 Å². The van der Waals surface area contributed by atoms with E-state index >= 15 is 0 Å². The SMILES string of the molecule is CCC(C)C(O)CNC(=O)/C=C/c1ccccc1[N+](=O)[O-]. The average Bonchev–Trinajstić information content (AvgIpc) is 2.49. The van der Waals surface area contributed by atoms with Crippen LogP contribution in [0.3, 0.4) is 0 Å². The monoisotopic (exact) mass is 292 g/mol. The van der Waals surface area contributed by atoms with Crippen LogP contribution in [-0.2, 0) is 4.79 Å². The molecule has 114 valence electrons. The maximum absolute atomic E-state index is 11.6. The Hall–Kier alpha value is -2.21. The first-order chi connectivity index (χ1) is 9.95. The van der Waals surface area contributed by atoms with Gasteiger partial charge in [0, 0.05) is 18.7 Å². The summed E-state index contributed by atoms with van der Waals surface area (Å²) in [6.07, 6.45) is 2.84. The lowest BCUT2D eigenvalue weighted by atomic mass is 10.0. The van der Waals surface area contributed by atoms with Gasteiger partial charge in [-0.2, -0.15) is 0 Å². The fraction of sp³-hybridized carbons (Fsp3) is 0.400. The van der Waals surface area contributed by atoms with Crippen LogP contribution in [0.2, 0.25) is 0 Å². The topological polar surface area (TPSA) is 92.5 Å². The number of nitrogens with one attached hydrogen (secondary N) is 1. The number of hydrogen-bond donors (Lipinski definition) is 2. The molecule has 6 nitrogen and oxygen atoms in total. The zero-order chi connectivity index (χ0) is 15.8. The Morgan fingerprint density at radius 1 is 1.48 bits per heavy atom. The summed E-state index contributed by atoms with van der Waals surface area (Å²) >= 11 is 0. The van der Waals surface area contributed by atoms with Gasteiger partial charge in [-0.15, -0.1) is 0 Å². The second kappa shape index (κ2) is 8.16. The molecule has 0 saturated carbocycles. The molecule has 2 unspecified atom stereocenters. The van der Waals surface area contributed by atoms with E-state index in [0.717, 1.165) is 6.42 Å². The van der Waals surface area contributed by atoms with Gasteiger partial charge in [0.2, 0.25) is 5.91 Å². The molecule has 0 bridgehead atoms. The van der Waals surface area contributed by atoms with Gasteiger partial charge in [0.15, 0.2) is 0 Å². The number of hydrogen-bond acceptors (Lipinski definition) is 4. The van der Waals surface area contributed by atoms with Crippen LogP contribution >= 0.6 is 0 Å². The van der Waals surface area contributed by atoms with Crippen molar-refractivity contribution < 1.29 is 14.8 Å². The molecule has 1 aromatic carbocycles. The molecular weight excluding hydrogens is 272 g/mol. The van der Waals surface area contributed by atoms with Gasteiger partial charge in [0.25, 0.3) is 5.69 Å². The van der Waals surface area contributed by atoms with E-state index < -0.39 is 16.9 Å². The molecule has 6 heteroatoms. The van der Waals surface area contributed by atoms with Crippen molar-refractivity contribution in [2.45, 2.75) is 26.4 Å². The predicted octanol–water partition coefficient (Wildman–Crippen LogP) is 2.13. The molecule has 21 heavy (non-hydrogen) atoms. The largest absolute Gasteiger partial charge is 0.391 e. The van der Waals surface area contributed by atoms with E-state index in [1.807, 2.05) is 13.8 Å². The lowest BCUT2D eigenvalue weighted by molar-refractivity contribution is -0.385. The highest BCUT2D eigenvalue weighted by Gasteiger charge is 2.13. The molecule has 0 saturated heterocycles. The summed E-state index contributed by atoms with van der Waals surface area (Å²) < 4.78 is 0. The van der Waals surface area contributed by atoms with E-state index in [2.05, 4.69) is 5.32 Å². The molecule has 0 radical (unpaired) electrons. The molecule has 0 aliphatic carbocycles. The van der Waals surface area contributed by atoms with Crippen LogP contribution in [0.25, 0.3) is 6.08 Å². The van der Waals surface area contributed by atoms with Gasteiger partial charge >= 0.3 is 0 Å². The Morgan fingerprint density at radius 3 is 2.76 bits per heavy atom. The number of para-hydroxylation sites is 1. The van der Waals surface area contributed by atoms with E-state index in [1.54, 1.807) is 18.2 Å². The minimum absolute atomic E-state index is 0.0545. The first-order valence-corrected chi connectivity index (χ1v) is 6.83. The minimum atomic E-state index is -0.599. The Balaban J connectivity index is 2.61. The Bertz CT molecular complexity index is 528. The zero-order valence-electron chi connectivity index (χ0n) is 12.2. The molecule has 0 spiro atoms. The Kier molecular flexibility index (Phi) is 6.55. The van der Waals surface area contributed by atoms with Crippen molar-refractivity contribution in [3.05, 3.63) is 46.0 Å². The van der Waals surface area contributed by atoms with Gasteiger partial charge in [-0.3, -0.25) is 14.9 Å². The number of amides is 1. The molecule has 1 aromatic rings. The third-order valence-corrected chi connectivity index (χ3v) is 3.33. The van der Waals surface area contributed by atoms with E-state index in [4.69, 9.17) is 0 Å². The van der Waals surface area contributed by atoms with Crippen molar-refractivity contribution >= 4 is 17.7 Å². The highest BCUT2D eigenvalue weighted by molar-refractivity contribution is 5.92. The number of carbonyl (C=O) groups excluding carboxylic acids is 1. The lowest BCUT2D eigenvalue weighted by Crippen LogP contribution is -2.34. The van der Waals surface area contributed by atoms with Crippen molar-refractivity contribution in [2.75, 3.05) is 6.54 Å². The number of rotatable bonds is 7. The van der Waals surface area contributed by atoms with Crippen LogP contribution in [0.15, 0.2) is 30.3 Å². The maximum atomic E-state index is 11.6. The van der Waals surface area contributed by atoms with Gasteiger partial charge < -0.3 is 10.4 Å². The lowest BCUT2D eigenvalue weighted by Gasteiger charge is -2.16. The molecule has 2 atom stereocenters. The molecule has 0 fully saturated rings. The van der Waals surface area contributed by atoms with Crippen molar-refractivity contribution in [2.24, 2.45) is 5.92 Å². The molecule has 0 aromatic heterocycles. The number of nitro groups is 1. The summed E-state index contributed by atoms with van der Waals surface area (Å²) in [7, 11) is 0. The van der Waals surface area contributed by atoms with E-state index in [1.165, 1.54) is 18.2 Å². The van der Waals surface area contributed by atoms with Gasteiger partial charge in [0.05, 0.1) is 16.6 Å². The minimum Gasteiger partial charge on any atom is -0.391 e. The highest BCUT2D eigenvalue weighted by atomic mass is 16.6. The van der Waals surface area contributed by atoms with Gasteiger partial charge in [0.1, 0.15) is 0 Å². The number of benzene rings is 1. The second-order valence-corrected chi connectivity index (χ2v) is 4.85. The molecule has 0 aliphatic rings. The molecule has 2 N–H and O–H groups in total. The van der Waals surface area contributed by atoms with Crippen LogP contribution in [0.5, 0.6) is 0 Å². The molecule has 0 heterocycles. The maximum Gasteiger partial charge on any atom is 0.276 e. The highest BCUT2D eigenvalue weighted by Crippen LogP contribution is 2.18. The summed E-state index contributed by atoms with van der Waals surface area (Å²) in [6.45, 7) is 4.03. The molecular formula is C15H20N2O4. The summed E-state index contributed by atoms with van der Waals surface area (Å²) in [5.74, 6) is -0.292. The van der Waals surface area contributed by atoms with Crippen LogP contribution in [0, 0.1) is 16.0 Å². The molecule has 1 amide bonds. The smallest absolute Gasteiger partial charge is 0.276 e. The molecule has 1 rings (SSSR count). The summed E-state index contributed by atoms with van der Waals surface area (Å²) in [4.78, 5) is 22.0. The number of aliphatic hydroxyl groups excluding tert-OH is 1.